The molecular weight excluding hydrogens is 364 g/mol. The van der Waals surface area contributed by atoms with Crippen LogP contribution in [0.3, 0.4) is 0 Å². The number of nitrogens with one attached hydrogen (secondary N) is 1. The van der Waals surface area contributed by atoms with Crippen LogP contribution < -0.4 is 10.9 Å². The Labute approximate surface area is 148 Å². The second-order valence-corrected chi connectivity index (χ2v) is 7.99. The van der Waals surface area contributed by atoms with Crippen LogP contribution >= 0.6 is 11.3 Å². The normalized spacial score (nSPS) is 11.8. The first kappa shape index (κ1) is 17.6. The lowest BCUT2D eigenvalue weighted by Gasteiger charge is -2.07. The average Bonchev–Trinajstić information content (AvgIpc) is 2.96. The molecular formula is C16H16N2O5S2. The van der Waals surface area contributed by atoms with Gasteiger partial charge in [0.25, 0.3) is 10.1 Å². The maximum Gasteiger partial charge on any atom is 0.346 e. The van der Waals surface area contributed by atoms with Gasteiger partial charge in [-0.2, -0.15) is 8.42 Å². The van der Waals surface area contributed by atoms with Gasteiger partial charge < -0.3 is 9.73 Å². The summed E-state index contributed by atoms with van der Waals surface area (Å²) >= 11 is 1.39. The first-order valence-corrected chi connectivity index (χ1v) is 10.0. The third-order valence-corrected chi connectivity index (χ3v) is 5.29. The molecule has 0 atom stereocenters. The fourth-order valence-electron chi connectivity index (χ4n) is 2.34. The van der Waals surface area contributed by atoms with Crippen molar-refractivity contribution in [2.45, 2.75) is 13.3 Å². The summed E-state index contributed by atoms with van der Waals surface area (Å²) in [6.07, 6.45) is 0.267. The maximum absolute atomic E-state index is 12.2. The Morgan fingerprint density at radius 3 is 2.80 bits per heavy atom. The van der Waals surface area contributed by atoms with Crippen molar-refractivity contribution in [1.82, 2.24) is 4.98 Å². The van der Waals surface area contributed by atoms with Gasteiger partial charge in [-0.25, -0.2) is 9.78 Å². The molecule has 3 rings (SSSR count). The second-order valence-electron chi connectivity index (χ2n) is 5.56. The largest absolute Gasteiger partial charge is 0.422 e. The lowest BCUT2D eigenvalue weighted by atomic mass is 10.1. The summed E-state index contributed by atoms with van der Waals surface area (Å²) in [4.78, 5) is 16.5. The van der Waals surface area contributed by atoms with E-state index >= 15 is 0 Å². The minimum Gasteiger partial charge on any atom is -0.422 e. The molecule has 2 heterocycles. The molecule has 2 aromatic heterocycles. The highest BCUT2D eigenvalue weighted by Gasteiger charge is 2.11. The Hall–Kier alpha value is -2.23. The number of hydrogen-bond donors (Lipinski definition) is 2. The molecule has 0 aliphatic heterocycles. The first-order chi connectivity index (χ1) is 11.8. The zero-order valence-corrected chi connectivity index (χ0v) is 15.0. The topological polar surface area (TPSA) is 110 Å². The molecule has 0 aliphatic carbocycles. The smallest absolute Gasteiger partial charge is 0.346 e. The van der Waals surface area contributed by atoms with Crippen molar-refractivity contribution >= 4 is 38.1 Å². The zero-order chi connectivity index (χ0) is 18.0. The Bertz CT molecular complexity index is 1070. The van der Waals surface area contributed by atoms with Gasteiger partial charge in [-0.15, -0.1) is 11.3 Å². The minimum absolute atomic E-state index is 0.267. The molecule has 2 N–H and O–H groups in total. The summed E-state index contributed by atoms with van der Waals surface area (Å²) in [6, 6.07) is 7.06. The number of aryl methyl sites for hydroxylation is 1. The number of aromatic nitrogens is 1. The number of benzene rings is 1. The van der Waals surface area contributed by atoms with E-state index in [0.29, 0.717) is 28.4 Å². The molecule has 0 saturated carbocycles. The van der Waals surface area contributed by atoms with Gasteiger partial charge in [0, 0.05) is 34.8 Å². The Morgan fingerprint density at radius 2 is 2.12 bits per heavy atom. The number of anilines is 1. The van der Waals surface area contributed by atoms with Crippen molar-refractivity contribution in [3.63, 3.8) is 0 Å². The molecule has 0 radical (unpaired) electrons. The lowest BCUT2D eigenvalue weighted by molar-refractivity contribution is 0.481. The van der Waals surface area contributed by atoms with E-state index in [4.69, 9.17) is 8.97 Å². The summed E-state index contributed by atoms with van der Waals surface area (Å²) in [6.45, 7) is 2.23. The highest BCUT2D eigenvalue weighted by molar-refractivity contribution is 7.85. The van der Waals surface area contributed by atoms with Gasteiger partial charge >= 0.3 is 5.63 Å². The van der Waals surface area contributed by atoms with Gasteiger partial charge in [-0.05, 0) is 31.5 Å². The molecule has 0 fully saturated rings. The Morgan fingerprint density at radius 1 is 1.32 bits per heavy atom. The lowest BCUT2D eigenvalue weighted by Crippen LogP contribution is -2.10. The van der Waals surface area contributed by atoms with E-state index in [1.807, 2.05) is 24.4 Å². The standard InChI is InChI=1S/C16H16N2O5S2/c1-10-9-24-15(18-10)13-7-11-3-4-12(8-14(11)23-16(13)19)17-5-2-6-25(20,21)22/h3-4,7-9,17H,2,5-6H2,1H3,(H,20,21,22). The van der Waals surface area contributed by atoms with E-state index < -0.39 is 15.7 Å². The molecule has 0 amide bonds. The van der Waals surface area contributed by atoms with Crippen LogP contribution in [0.15, 0.2) is 38.9 Å². The summed E-state index contributed by atoms with van der Waals surface area (Å²) in [5, 5.41) is 6.30. The summed E-state index contributed by atoms with van der Waals surface area (Å²) in [5.41, 5.74) is 1.96. The molecule has 0 bridgehead atoms. The van der Waals surface area contributed by atoms with Crippen molar-refractivity contribution in [2.75, 3.05) is 17.6 Å². The fraction of sp³-hybridized carbons (Fsp3) is 0.250. The van der Waals surface area contributed by atoms with Crippen LogP contribution in [0.5, 0.6) is 0 Å². The van der Waals surface area contributed by atoms with Crippen LogP contribution in [0.1, 0.15) is 12.1 Å². The minimum atomic E-state index is -3.95. The molecule has 0 saturated heterocycles. The van der Waals surface area contributed by atoms with Crippen LogP contribution in [0.2, 0.25) is 0 Å². The zero-order valence-electron chi connectivity index (χ0n) is 13.4. The Kier molecular flexibility index (Phi) is 4.89. The third kappa shape index (κ3) is 4.44. The van der Waals surface area contributed by atoms with Gasteiger partial charge in [0.15, 0.2) is 0 Å². The van der Waals surface area contributed by atoms with Gasteiger partial charge in [0.1, 0.15) is 10.6 Å². The number of hydrogen-bond acceptors (Lipinski definition) is 7. The van der Waals surface area contributed by atoms with E-state index in [1.165, 1.54) is 11.3 Å². The maximum atomic E-state index is 12.2. The predicted octanol–water partition coefficient (Wildman–Crippen LogP) is 2.91. The molecule has 0 unspecified atom stereocenters. The van der Waals surface area contributed by atoms with Crippen molar-refractivity contribution in [2.24, 2.45) is 0 Å². The van der Waals surface area contributed by atoms with Gasteiger partial charge in [-0.1, -0.05) is 0 Å². The van der Waals surface area contributed by atoms with Crippen LogP contribution in [0.25, 0.3) is 21.5 Å². The fourth-order valence-corrected chi connectivity index (χ4v) is 3.65. The van der Waals surface area contributed by atoms with Gasteiger partial charge in [-0.3, -0.25) is 4.55 Å². The molecule has 132 valence electrons. The summed E-state index contributed by atoms with van der Waals surface area (Å²) in [5.74, 6) is -0.306. The van der Waals surface area contributed by atoms with E-state index in [9.17, 15) is 13.2 Å². The molecule has 1 aromatic carbocycles. The van der Waals surface area contributed by atoms with E-state index in [2.05, 4.69) is 10.3 Å². The molecule has 25 heavy (non-hydrogen) atoms. The molecule has 3 aromatic rings. The highest BCUT2D eigenvalue weighted by Crippen LogP contribution is 2.25. The number of thiazole rings is 1. The third-order valence-electron chi connectivity index (χ3n) is 3.49. The van der Waals surface area contributed by atoms with Crippen molar-refractivity contribution in [3.05, 3.63) is 45.8 Å². The molecule has 0 aliphatic rings. The molecule has 7 nitrogen and oxygen atoms in total. The Balaban J connectivity index is 1.81. The average molecular weight is 380 g/mol. The van der Waals surface area contributed by atoms with Crippen molar-refractivity contribution in [3.8, 4) is 10.6 Å². The number of nitrogens with zero attached hydrogens (tertiary/aromatic N) is 1. The van der Waals surface area contributed by atoms with Crippen LogP contribution in [0, 0.1) is 6.92 Å². The molecule has 0 spiro atoms. The van der Waals surface area contributed by atoms with E-state index in [1.54, 1.807) is 12.1 Å². The first-order valence-electron chi connectivity index (χ1n) is 7.51. The summed E-state index contributed by atoms with van der Waals surface area (Å²) in [7, 11) is -3.95. The van der Waals surface area contributed by atoms with Gasteiger partial charge in [0.05, 0.1) is 11.3 Å². The number of rotatable bonds is 6. The van der Waals surface area contributed by atoms with Gasteiger partial charge in [0.2, 0.25) is 0 Å². The highest BCUT2D eigenvalue weighted by atomic mass is 32.2. The van der Waals surface area contributed by atoms with E-state index in [0.717, 1.165) is 11.1 Å². The monoisotopic (exact) mass is 380 g/mol. The van der Waals surface area contributed by atoms with Crippen molar-refractivity contribution in [1.29, 1.82) is 0 Å². The second kappa shape index (κ2) is 6.95. The SMILES string of the molecule is Cc1csc(-c2cc3ccc(NCCCS(=O)(=O)O)cc3oc2=O)n1. The quantitative estimate of drug-likeness (QED) is 0.384. The predicted molar refractivity (Wildman–Crippen MR) is 97.9 cm³/mol. The van der Waals surface area contributed by atoms with E-state index in [-0.39, 0.29) is 12.2 Å². The molecule has 9 heteroatoms. The van der Waals surface area contributed by atoms with Crippen LogP contribution in [-0.4, -0.2) is 30.3 Å². The van der Waals surface area contributed by atoms with Crippen molar-refractivity contribution < 1.29 is 17.4 Å². The van der Waals surface area contributed by atoms with Crippen LogP contribution in [-0.2, 0) is 10.1 Å². The summed E-state index contributed by atoms with van der Waals surface area (Å²) < 4.78 is 35.4. The number of fused-ring (bicyclic) bond motifs is 1. The van der Waals surface area contributed by atoms with Crippen LogP contribution in [0.4, 0.5) is 5.69 Å².